The lowest BCUT2D eigenvalue weighted by Gasteiger charge is -2.21. The topological polar surface area (TPSA) is 66.8 Å². The summed E-state index contributed by atoms with van der Waals surface area (Å²) in [7, 11) is 1.38. The molecule has 1 aliphatic rings. The van der Waals surface area contributed by atoms with Gasteiger partial charge in [-0.15, -0.1) is 0 Å². The maximum Gasteiger partial charge on any atom is 0.326 e. The van der Waals surface area contributed by atoms with Crippen LogP contribution in [0.15, 0.2) is 18.2 Å². The number of aliphatic carboxylic acids is 1. The van der Waals surface area contributed by atoms with Crippen molar-refractivity contribution in [1.29, 1.82) is 0 Å². The zero-order valence-corrected chi connectivity index (χ0v) is 11.8. The van der Waals surface area contributed by atoms with Crippen molar-refractivity contribution < 1.29 is 23.8 Å². The van der Waals surface area contributed by atoms with Crippen molar-refractivity contribution in [1.82, 2.24) is 4.90 Å². The molecule has 1 heterocycles. The number of benzene rings is 1. The van der Waals surface area contributed by atoms with Crippen LogP contribution in [0.1, 0.15) is 24.8 Å². The van der Waals surface area contributed by atoms with Crippen LogP contribution in [0.4, 0.5) is 4.39 Å². The van der Waals surface area contributed by atoms with Crippen molar-refractivity contribution >= 4 is 11.9 Å². The average molecular weight is 295 g/mol. The van der Waals surface area contributed by atoms with Gasteiger partial charge in [0.05, 0.1) is 7.11 Å². The summed E-state index contributed by atoms with van der Waals surface area (Å²) in [6.07, 6.45) is 1.49. The van der Waals surface area contributed by atoms with E-state index in [0.717, 1.165) is 0 Å². The second kappa shape index (κ2) is 6.56. The van der Waals surface area contributed by atoms with Crippen LogP contribution in [0.3, 0.4) is 0 Å². The van der Waals surface area contributed by atoms with Gasteiger partial charge in [-0.3, -0.25) is 4.79 Å². The number of hydrogen-bond acceptors (Lipinski definition) is 3. The lowest BCUT2D eigenvalue weighted by atomic mass is 10.1. The summed E-state index contributed by atoms with van der Waals surface area (Å²) in [6, 6.07) is 4.04. The molecule has 1 amide bonds. The van der Waals surface area contributed by atoms with E-state index < -0.39 is 17.8 Å². The maximum absolute atomic E-state index is 14.0. The van der Waals surface area contributed by atoms with Crippen molar-refractivity contribution in [3.05, 3.63) is 29.6 Å². The number of carboxylic acid groups (broad SMARTS) is 1. The molecule has 1 N–H and O–H groups in total. The van der Waals surface area contributed by atoms with Crippen LogP contribution >= 0.6 is 0 Å². The van der Waals surface area contributed by atoms with Crippen LogP contribution in [0.2, 0.25) is 0 Å². The van der Waals surface area contributed by atoms with Crippen LogP contribution in [-0.4, -0.2) is 41.6 Å². The van der Waals surface area contributed by atoms with Crippen LogP contribution in [0, 0.1) is 5.82 Å². The third-order valence-corrected chi connectivity index (χ3v) is 3.73. The largest absolute Gasteiger partial charge is 0.494 e. The number of methoxy groups -OCH3 is 1. The van der Waals surface area contributed by atoms with Gasteiger partial charge in [-0.05, 0) is 30.9 Å². The molecule has 1 atom stereocenters. The minimum Gasteiger partial charge on any atom is -0.494 e. The Balaban J connectivity index is 2.00. The standard InChI is InChI=1S/C15H18FNO4/c1-21-12-6-2-4-10(14(12)16)7-8-13(18)17-9-3-5-11(17)15(19)20/h2,4,6,11H,3,5,7-9H2,1H3,(H,19,20). The third-order valence-electron chi connectivity index (χ3n) is 3.73. The van der Waals surface area contributed by atoms with Gasteiger partial charge in [-0.1, -0.05) is 12.1 Å². The molecule has 0 spiro atoms. The Labute approximate surface area is 122 Å². The quantitative estimate of drug-likeness (QED) is 0.900. The fraction of sp³-hybridized carbons (Fsp3) is 0.467. The highest BCUT2D eigenvalue weighted by molar-refractivity contribution is 5.84. The van der Waals surface area contributed by atoms with Gasteiger partial charge < -0.3 is 14.7 Å². The summed E-state index contributed by atoms with van der Waals surface area (Å²) in [6.45, 7) is 0.455. The molecule has 0 aromatic heterocycles. The van der Waals surface area contributed by atoms with Gasteiger partial charge in [-0.25, -0.2) is 9.18 Å². The Kier molecular flexibility index (Phi) is 4.77. The fourth-order valence-electron chi connectivity index (χ4n) is 2.61. The molecule has 114 valence electrons. The zero-order chi connectivity index (χ0) is 15.4. The van der Waals surface area contributed by atoms with Gasteiger partial charge in [0.2, 0.25) is 5.91 Å². The molecule has 1 aromatic rings. The molecule has 21 heavy (non-hydrogen) atoms. The predicted octanol–water partition coefficient (Wildman–Crippen LogP) is 1.84. The van der Waals surface area contributed by atoms with Gasteiger partial charge in [0.1, 0.15) is 6.04 Å². The number of nitrogens with zero attached hydrogens (tertiary/aromatic N) is 1. The van der Waals surface area contributed by atoms with Gasteiger partial charge in [0, 0.05) is 13.0 Å². The molecule has 1 unspecified atom stereocenters. The summed E-state index contributed by atoms with van der Waals surface area (Å²) in [5.74, 6) is -1.55. The molecular weight excluding hydrogens is 277 g/mol. The second-order valence-corrected chi connectivity index (χ2v) is 5.02. The molecule has 1 aliphatic heterocycles. The van der Waals surface area contributed by atoms with E-state index in [-0.39, 0.29) is 24.5 Å². The van der Waals surface area contributed by atoms with Crippen LogP contribution in [-0.2, 0) is 16.0 Å². The summed E-state index contributed by atoms with van der Waals surface area (Å²) in [5.41, 5.74) is 0.397. The first kappa shape index (κ1) is 15.3. The molecule has 0 saturated carbocycles. The summed E-state index contributed by atoms with van der Waals surface area (Å²) in [4.78, 5) is 24.5. The molecule has 0 radical (unpaired) electrons. The normalized spacial score (nSPS) is 17.8. The lowest BCUT2D eigenvalue weighted by Crippen LogP contribution is -2.40. The highest BCUT2D eigenvalue weighted by atomic mass is 19.1. The first-order valence-electron chi connectivity index (χ1n) is 6.88. The van der Waals surface area contributed by atoms with E-state index in [1.54, 1.807) is 12.1 Å². The van der Waals surface area contributed by atoms with Crippen molar-refractivity contribution in [2.75, 3.05) is 13.7 Å². The van der Waals surface area contributed by atoms with Crippen LogP contribution in [0.25, 0.3) is 0 Å². The van der Waals surface area contributed by atoms with E-state index in [1.807, 2.05) is 0 Å². The van der Waals surface area contributed by atoms with E-state index in [9.17, 15) is 14.0 Å². The number of carbonyl (C=O) groups is 2. The molecular formula is C15H18FNO4. The number of rotatable bonds is 5. The maximum atomic E-state index is 14.0. The fourth-order valence-corrected chi connectivity index (χ4v) is 2.61. The minimum atomic E-state index is -0.978. The molecule has 0 bridgehead atoms. The average Bonchev–Trinajstić information content (AvgIpc) is 2.95. The monoisotopic (exact) mass is 295 g/mol. The number of likely N-dealkylation sites (tertiary alicyclic amines) is 1. The van der Waals surface area contributed by atoms with Gasteiger partial charge >= 0.3 is 5.97 Å². The van der Waals surface area contributed by atoms with Crippen molar-refractivity contribution in [3.8, 4) is 5.75 Å². The molecule has 5 nitrogen and oxygen atoms in total. The Morgan fingerprint density at radius 2 is 2.24 bits per heavy atom. The molecule has 1 saturated heterocycles. The summed E-state index contributed by atoms with van der Waals surface area (Å²) >= 11 is 0. The van der Waals surface area contributed by atoms with Crippen molar-refractivity contribution in [2.45, 2.75) is 31.7 Å². The lowest BCUT2D eigenvalue weighted by molar-refractivity contribution is -0.148. The number of halogens is 1. The number of amides is 1. The number of carboxylic acids is 1. The summed E-state index contributed by atoms with van der Waals surface area (Å²) in [5, 5.41) is 9.06. The molecule has 1 fully saturated rings. The zero-order valence-electron chi connectivity index (χ0n) is 11.8. The van der Waals surface area contributed by atoms with Crippen LogP contribution < -0.4 is 4.74 Å². The third kappa shape index (κ3) is 3.32. The molecule has 6 heteroatoms. The SMILES string of the molecule is COc1cccc(CCC(=O)N2CCCC2C(=O)O)c1F. The Morgan fingerprint density at radius 1 is 1.48 bits per heavy atom. The minimum absolute atomic E-state index is 0.0911. The number of aryl methyl sites for hydroxylation is 1. The van der Waals surface area contributed by atoms with Crippen molar-refractivity contribution in [2.24, 2.45) is 0 Å². The first-order valence-corrected chi connectivity index (χ1v) is 6.88. The first-order chi connectivity index (χ1) is 10.0. The van der Waals surface area contributed by atoms with E-state index in [1.165, 1.54) is 18.1 Å². The number of carbonyl (C=O) groups excluding carboxylic acids is 1. The highest BCUT2D eigenvalue weighted by Crippen LogP contribution is 2.23. The van der Waals surface area contributed by atoms with Gasteiger partial charge in [0.15, 0.2) is 11.6 Å². The smallest absolute Gasteiger partial charge is 0.326 e. The van der Waals surface area contributed by atoms with E-state index in [0.29, 0.717) is 24.9 Å². The second-order valence-electron chi connectivity index (χ2n) is 5.02. The Morgan fingerprint density at radius 3 is 2.90 bits per heavy atom. The van der Waals surface area contributed by atoms with Gasteiger partial charge in [0.25, 0.3) is 0 Å². The van der Waals surface area contributed by atoms with E-state index in [4.69, 9.17) is 9.84 Å². The number of hydrogen-bond donors (Lipinski definition) is 1. The Bertz CT molecular complexity index is 546. The van der Waals surface area contributed by atoms with Crippen LogP contribution in [0.5, 0.6) is 5.75 Å². The molecule has 0 aliphatic carbocycles. The summed E-state index contributed by atoms with van der Waals surface area (Å²) < 4.78 is 18.9. The molecule has 1 aromatic carbocycles. The predicted molar refractivity (Wildman–Crippen MR) is 73.6 cm³/mol. The Hall–Kier alpha value is -2.11. The van der Waals surface area contributed by atoms with Crippen molar-refractivity contribution in [3.63, 3.8) is 0 Å². The number of ether oxygens (including phenoxy) is 1. The van der Waals surface area contributed by atoms with E-state index in [2.05, 4.69) is 0 Å². The highest BCUT2D eigenvalue weighted by Gasteiger charge is 2.33. The van der Waals surface area contributed by atoms with E-state index >= 15 is 0 Å². The van der Waals surface area contributed by atoms with Gasteiger partial charge in [-0.2, -0.15) is 0 Å². The molecule has 2 rings (SSSR count).